The monoisotopic (exact) mass is 648 g/mol. The molecule has 1 atom stereocenters. The van der Waals surface area contributed by atoms with Crippen LogP contribution in [0.4, 0.5) is 0 Å². The summed E-state index contributed by atoms with van der Waals surface area (Å²) in [5.74, 6) is 1.40. The van der Waals surface area contributed by atoms with Crippen molar-refractivity contribution in [3.63, 3.8) is 0 Å². The Kier molecular flexibility index (Phi) is 18.0. The van der Waals surface area contributed by atoms with E-state index in [1.165, 1.54) is 24.0 Å². The molecule has 0 saturated carbocycles. The van der Waals surface area contributed by atoms with Crippen LogP contribution in [0.2, 0.25) is 0 Å². The maximum Gasteiger partial charge on any atom is 0.218 e. The molecule has 0 aliphatic carbocycles. The zero-order valence-corrected chi connectivity index (χ0v) is 28.1. The van der Waals surface area contributed by atoms with Crippen molar-refractivity contribution in [1.82, 2.24) is 5.09 Å². The Labute approximate surface area is 264 Å². The summed E-state index contributed by atoms with van der Waals surface area (Å²) in [6.07, 6.45) is 10.6. The summed E-state index contributed by atoms with van der Waals surface area (Å²) in [4.78, 5) is 4.71. The summed E-state index contributed by atoms with van der Waals surface area (Å²) in [5.41, 5.74) is 5.64. The van der Waals surface area contributed by atoms with Gasteiger partial charge in [-0.3, -0.25) is 0 Å². The number of benzene rings is 3. The number of aliphatic imine (C=N–C) groups is 1. The highest BCUT2D eigenvalue weighted by molar-refractivity contribution is 9.10. The largest absolute Gasteiger partial charge is 0.490 e. The van der Waals surface area contributed by atoms with Crippen LogP contribution in [0, 0.1) is 6.92 Å². The third-order valence-corrected chi connectivity index (χ3v) is 7.63. The molecule has 0 saturated heterocycles. The summed E-state index contributed by atoms with van der Waals surface area (Å²) in [7, 11) is 0.584. The van der Waals surface area contributed by atoms with Crippen molar-refractivity contribution >= 4 is 36.1 Å². The predicted octanol–water partition coefficient (Wildman–Crippen LogP) is 9.96. The van der Waals surface area contributed by atoms with Crippen molar-refractivity contribution in [3.05, 3.63) is 131 Å². The second kappa shape index (κ2) is 21.5. The number of halogens is 1. The molecule has 4 nitrogen and oxygen atoms in total. The molecule has 42 heavy (non-hydrogen) atoms. The second-order valence-corrected chi connectivity index (χ2v) is 11.6. The van der Waals surface area contributed by atoms with Crippen LogP contribution in [0.3, 0.4) is 0 Å². The number of ether oxygens (including phenoxy) is 2. The molecule has 0 spiro atoms. The highest BCUT2D eigenvalue weighted by Crippen LogP contribution is 2.24. The van der Waals surface area contributed by atoms with E-state index in [1.54, 1.807) is 6.08 Å². The van der Waals surface area contributed by atoms with Crippen molar-refractivity contribution in [3.8, 4) is 5.75 Å². The van der Waals surface area contributed by atoms with Gasteiger partial charge in [0.05, 0.1) is 12.1 Å². The minimum atomic E-state index is 0.380. The Morgan fingerprint density at radius 2 is 1.71 bits per heavy atom. The van der Waals surface area contributed by atoms with Crippen molar-refractivity contribution < 1.29 is 9.47 Å². The van der Waals surface area contributed by atoms with Crippen molar-refractivity contribution in [2.45, 2.75) is 47.0 Å². The van der Waals surface area contributed by atoms with Crippen LogP contribution in [-0.2, 0) is 11.2 Å². The number of rotatable bonds is 15. The van der Waals surface area contributed by atoms with Crippen LogP contribution in [-0.4, -0.2) is 31.8 Å². The summed E-state index contributed by atoms with van der Waals surface area (Å²) in [5, 5.41) is 3.63. The summed E-state index contributed by atoms with van der Waals surface area (Å²) in [6.45, 7) is 13.5. The zero-order chi connectivity index (χ0) is 30.4. The Morgan fingerprint density at radius 3 is 2.33 bits per heavy atom. The van der Waals surface area contributed by atoms with Gasteiger partial charge in [0.2, 0.25) is 5.90 Å². The normalized spacial score (nSPS) is 12.1. The molecule has 0 aromatic heterocycles. The van der Waals surface area contributed by atoms with E-state index in [1.807, 2.05) is 24.3 Å². The lowest BCUT2D eigenvalue weighted by molar-refractivity contribution is 0.210. The van der Waals surface area contributed by atoms with Crippen LogP contribution in [0.25, 0.3) is 5.57 Å². The minimum Gasteiger partial charge on any atom is -0.490 e. The topological polar surface area (TPSA) is 42.9 Å². The van der Waals surface area contributed by atoms with Crippen LogP contribution < -0.4 is 9.82 Å². The van der Waals surface area contributed by atoms with Gasteiger partial charge in [0, 0.05) is 10.2 Å². The van der Waals surface area contributed by atoms with E-state index in [0.29, 0.717) is 34.4 Å². The molecule has 1 N–H and O–H groups in total. The molecule has 3 rings (SSSR count). The van der Waals surface area contributed by atoms with Crippen molar-refractivity contribution in [1.29, 1.82) is 0 Å². The van der Waals surface area contributed by atoms with Gasteiger partial charge in [-0.05, 0) is 83.9 Å². The molecule has 0 bridgehead atoms. The number of unbranched alkanes of at least 4 members (excludes halogenated alkanes) is 1. The van der Waals surface area contributed by atoms with Gasteiger partial charge in [-0.15, -0.1) is 6.58 Å². The van der Waals surface area contributed by atoms with E-state index in [2.05, 4.69) is 122 Å². The van der Waals surface area contributed by atoms with E-state index in [9.17, 15) is 0 Å². The first-order valence-corrected chi connectivity index (χ1v) is 16.6. The molecular weight excluding hydrogens is 603 g/mol. The van der Waals surface area contributed by atoms with Gasteiger partial charge >= 0.3 is 0 Å². The summed E-state index contributed by atoms with van der Waals surface area (Å²) < 4.78 is 13.1. The lowest BCUT2D eigenvalue weighted by Crippen LogP contribution is -2.17. The summed E-state index contributed by atoms with van der Waals surface area (Å²) >= 11 is 3.45. The Bertz CT molecular complexity index is 1250. The van der Waals surface area contributed by atoms with E-state index >= 15 is 0 Å². The van der Waals surface area contributed by atoms with E-state index in [-0.39, 0.29) is 0 Å². The number of hydrogen-bond acceptors (Lipinski definition) is 4. The Balaban J connectivity index is 0.000000928. The molecule has 1 unspecified atom stereocenters. The van der Waals surface area contributed by atoms with Crippen LogP contribution in [0.5, 0.6) is 5.75 Å². The molecule has 0 aliphatic heterocycles. The molecule has 0 amide bonds. The van der Waals surface area contributed by atoms with Gasteiger partial charge in [0.1, 0.15) is 19.0 Å². The van der Waals surface area contributed by atoms with Gasteiger partial charge in [-0.2, -0.15) is 0 Å². The molecule has 0 radical (unpaired) electrons. The average molecular weight is 650 g/mol. The van der Waals surface area contributed by atoms with Gasteiger partial charge in [0.25, 0.3) is 0 Å². The molecule has 0 heterocycles. The molecule has 0 aliphatic rings. The standard InChI is InChI=1S/C30H34BrN2O2P.C6H12/c1-4-19-32-30(35-21-20-34-28-16-14-27(31)15-17-28)29(26-12-10-23(2)11-13-26)24(3)33-36-22-18-25-8-6-5-7-9-25;1-3-5-6-4-2/h4-17,33,36H,1,18-22H2,2-3H3;3,5H,4,6H2,1-2H3/b29-24+,32-30?;. The van der Waals surface area contributed by atoms with Crippen LogP contribution in [0.15, 0.2) is 119 Å². The number of hydrogen-bond donors (Lipinski definition) is 1. The average Bonchev–Trinajstić information content (AvgIpc) is 3.01. The Hall–Kier alpha value is -3.14. The SMILES string of the molecule is C=CCN=C(OCCOc1ccc(Br)cc1)/C(=C(\C)NPCCc1ccccc1)c1ccc(C)cc1.CC=CCCC. The van der Waals surface area contributed by atoms with Gasteiger partial charge in [0.15, 0.2) is 0 Å². The fraction of sp³-hybridized carbons (Fsp3) is 0.306. The molecule has 0 fully saturated rings. The van der Waals surface area contributed by atoms with Crippen molar-refractivity contribution in [2.24, 2.45) is 4.99 Å². The van der Waals surface area contributed by atoms with Gasteiger partial charge < -0.3 is 14.6 Å². The molecule has 3 aromatic carbocycles. The Morgan fingerprint density at radius 1 is 1.00 bits per heavy atom. The highest BCUT2D eigenvalue weighted by atomic mass is 79.9. The third-order valence-electron chi connectivity index (χ3n) is 6.05. The maximum atomic E-state index is 6.21. The predicted molar refractivity (Wildman–Crippen MR) is 188 cm³/mol. The molecule has 224 valence electrons. The first kappa shape index (κ1) is 35.1. The fourth-order valence-electron chi connectivity index (χ4n) is 3.84. The second-order valence-electron chi connectivity index (χ2n) is 9.60. The lowest BCUT2D eigenvalue weighted by atomic mass is 10.0. The smallest absolute Gasteiger partial charge is 0.218 e. The number of allylic oxidation sites excluding steroid dienone is 3. The third kappa shape index (κ3) is 14.2. The highest BCUT2D eigenvalue weighted by Gasteiger charge is 2.16. The molecule has 3 aromatic rings. The van der Waals surface area contributed by atoms with E-state index < -0.39 is 0 Å². The van der Waals surface area contributed by atoms with Crippen molar-refractivity contribution in [2.75, 3.05) is 25.9 Å². The summed E-state index contributed by atoms with van der Waals surface area (Å²) in [6, 6.07) is 26.8. The molecule has 6 heteroatoms. The van der Waals surface area contributed by atoms with Crippen LogP contribution in [0.1, 0.15) is 50.3 Å². The van der Waals surface area contributed by atoms with E-state index in [0.717, 1.165) is 39.6 Å². The lowest BCUT2D eigenvalue weighted by Gasteiger charge is -2.18. The van der Waals surface area contributed by atoms with E-state index in [4.69, 9.17) is 14.5 Å². The van der Waals surface area contributed by atoms with Gasteiger partial charge in [-0.1, -0.05) is 108 Å². The zero-order valence-electron chi connectivity index (χ0n) is 25.5. The minimum absolute atomic E-state index is 0.380. The first-order chi connectivity index (χ1) is 20.5. The number of aryl methyl sites for hydroxylation is 2. The molecular formula is C36H46BrN2O2P. The maximum absolute atomic E-state index is 6.21. The van der Waals surface area contributed by atoms with Crippen LogP contribution >= 0.6 is 24.7 Å². The fourth-order valence-corrected chi connectivity index (χ4v) is 5.03. The number of nitrogens with one attached hydrogen (secondary N) is 1. The van der Waals surface area contributed by atoms with Gasteiger partial charge in [-0.25, -0.2) is 4.99 Å². The number of nitrogens with zero attached hydrogens (tertiary/aromatic N) is 1. The first-order valence-electron chi connectivity index (χ1n) is 14.6. The quantitative estimate of drug-likeness (QED) is 0.0586.